The van der Waals surface area contributed by atoms with E-state index in [0.717, 1.165) is 36.1 Å². The highest BCUT2D eigenvalue weighted by Crippen LogP contribution is 2.28. The van der Waals surface area contributed by atoms with Crippen LogP contribution in [0.3, 0.4) is 0 Å². The number of unbranched alkanes of at least 4 members (excludes halogenated alkanes) is 2. The van der Waals surface area contributed by atoms with Crippen molar-refractivity contribution in [2.45, 2.75) is 39.3 Å². The van der Waals surface area contributed by atoms with Crippen LogP contribution in [0.1, 0.15) is 31.9 Å². The summed E-state index contributed by atoms with van der Waals surface area (Å²) in [4.78, 5) is 17.3. The maximum Gasteiger partial charge on any atom is 0.283 e. The Labute approximate surface area is 161 Å². The van der Waals surface area contributed by atoms with Gasteiger partial charge in [-0.2, -0.15) is 9.61 Å². The molecule has 0 spiro atoms. The molecule has 0 unspecified atom stereocenters. The minimum Gasteiger partial charge on any atom is -0.378 e. The predicted molar refractivity (Wildman–Crippen MR) is 106 cm³/mol. The number of ether oxygens (including phenoxy) is 1. The minimum atomic E-state index is -0.194. The number of rotatable bonds is 7. The number of aromatic nitrogens is 6. The summed E-state index contributed by atoms with van der Waals surface area (Å²) in [6.45, 7) is 3.07. The number of aryl methyl sites for hydroxylation is 1. The van der Waals surface area contributed by atoms with Gasteiger partial charge in [0.25, 0.3) is 5.56 Å². The zero-order chi connectivity index (χ0) is 19.5. The fourth-order valence-corrected chi connectivity index (χ4v) is 3.33. The smallest absolute Gasteiger partial charge is 0.283 e. The molecule has 28 heavy (non-hydrogen) atoms. The van der Waals surface area contributed by atoms with E-state index in [1.54, 1.807) is 22.5 Å². The van der Waals surface area contributed by atoms with Gasteiger partial charge in [-0.1, -0.05) is 50.1 Å². The lowest BCUT2D eigenvalue weighted by atomic mass is 10.1. The summed E-state index contributed by atoms with van der Waals surface area (Å²) in [6, 6.07) is 9.84. The van der Waals surface area contributed by atoms with Crippen molar-refractivity contribution in [3.8, 4) is 11.1 Å². The van der Waals surface area contributed by atoms with E-state index in [9.17, 15) is 4.79 Å². The lowest BCUT2D eigenvalue weighted by molar-refractivity contribution is 0.181. The first-order chi connectivity index (χ1) is 13.7. The van der Waals surface area contributed by atoms with Gasteiger partial charge in [0.15, 0.2) is 16.8 Å². The van der Waals surface area contributed by atoms with Crippen molar-refractivity contribution in [2.75, 3.05) is 7.11 Å². The van der Waals surface area contributed by atoms with Crippen molar-refractivity contribution in [2.24, 2.45) is 0 Å². The van der Waals surface area contributed by atoms with Crippen LogP contribution in [0.25, 0.3) is 27.9 Å². The highest BCUT2D eigenvalue weighted by atomic mass is 16.5. The molecule has 144 valence electrons. The number of hydrogen-bond acceptors (Lipinski definition) is 6. The van der Waals surface area contributed by atoms with Crippen molar-refractivity contribution < 1.29 is 4.74 Å². The molecule has 0 bridgehead atoms. The molecule has 0 saturated carbocycles. The van der Waals surface area contributed by atoms with Crippen molar-refractivity contribution in [1.82, 2.24) is 29.4 Å². The number of hydrogen-bond donors (Lipinski definition) is 0. The molecular formula is C20H22N6O2. The van der Waals surface area contributed by atoms with Gasteiger partial charge in [-0.25, -0.2) is 4.98 Å². The van der Waals surface area contributed by atoms with Gasteiger partial charge in [0.2, 0.25) is 0 Å². The van der Waals surface area contributed by atoms with E-state index in [0.29, 0.717) is 24.4 Å². The predicted octanol–water partition coefficient (Wildman–Crippen LogP) is 2.84. The van der Waals surface area contributed by atoms with Crippen molar-refractivity contribution in [3.05, 3.63) is 52.7 Å². The number of methoxy groups -OCH3 is 1. The van der Waals surface area contributed by atoms with E-state index < -0.39 is 0 Å². The Bertz CT molecular complexity index is 1170. The van der Waals surface area contributed by atoms with E-state index >= 15 is 0 Å². The number of benzene rings is 1. The van der Waals surface area contributed by atoms with E-state index in [-0.39, 0.29) is 11.1 Å². The Balaban J connectivity index is 1.91. The maximum absolute atomic E-state index is 12.8. The molecule has 3 heterocycles. The van der Waals surface area contributed by atoms with Crippen molar-refractivity contribution in [1.29, 1.82) is 0 Å². The van der Waals surface area contributed by atoms with Crippen LogP contribution >= 0.6 is 0 Å². The van der Waals surface area contributed by atoms with Crippen LogP contribution in [-0.2, 0) is 17.9 Å². The first-order valence-electron chi connectivity index (χ1n) is 9.42. The summed E-state index contributed by atoms with van der Waals surface area (Å²) >= 11 is 0. The molecule has 0 amide bonds. The second-order valence-electron chi connectivity index (χ2n) is 6.68. The average molecular weight is 378 g/mol. The molecular weight excluding hydrogens is 356 g/mol. The summed E-state index contributed by atoms with van der Waals surface area (Å²) in [6.07, 6.45) is 4.65. The second-order valence-corrected chi connectivity index (χ2v) is 6.68. The van der Waals surface area contributed by atoms with Crippen molar-refractivity contribution in [3.63, 3.8) is 0 Å². The Kier molecular flexibility index (Phi) is 5.12. The van der Waals surface area contributed by atoms with Crippen LogP contribution in [0.4, 0.5) is 0 Å². The molecule has 4 rings (SSSR count). The van der Waals surface area contributed by atoms with Crippen LogP contribution in [0.15, 0.2) is 41.5 Å². The molecule has 8 heteroatoms. The molecule has 0 saturated heterocycles. The summed E-state index contributed by atoms with van der Waals surface area (Å²) < 4.78 is 8.51. The zero-order valence-corrected chi connectivity index (χ0v) is 16.0. The van der Waals surface area contributed by atoms with Gasteiger partial charge in [0.1, 0.15) is 6.33 Å². The van der Waals surface area contributed by atoms with Crippen LogP contribution in [0, 0.1) is 0 Å². The van der Waals surface area contributed by atoms with Crippen molar-refractivity contribution >= 4 is 16.8 Å². The standard InChI is InChI=1S/C20H22N6O2/c1-3-4-8-11-25-13-21-19-17(20(25)27)22-23-18-16(14-9-6-5-7-10-14)15(12-28-2)24-26(18)19/h5-7,9-10,13H,3-4,8,11-12H2,1-2H3. The van der Waals surface area contributed by atoms with Gasteiger partial charge in [-0.05, 0) is 12.0 Å². The molecule has 3 aromatic heterocycles. The summed E-state index contributed by atoms with van der Waals surface area (Å²) in [5, 5.41) is 13.2. The lowest BCUT2D eigenvalue weighted by Crippen LogP contribution is -2.23. The third-order valence-electron chi connectivity index (χ3n) is 4.72. The first-order valence-corrected chi connectivity index (χ1v) is 9.42. The zero-order valence-electron chi connectivity index (χ0n) is 16.0. The van der Waals surface area contributed by atoms with Gasteiger partial charge in [-0.15, -0.1) is 10.2 Å². The molecule has 0 aliphatic carbocycles. The van der Waals surface area contributed by atoms with Gasteiger partial charge < -0.3 is 4.74 Å². The molecule has 4 aromatic rings. The molecule has 0 atom stereocenters. The van der Waals surface area contributed by atoms with Gasteiger partial charge in [0, 0.05) is 13.7 Å². The Morgan fingerprint density at radius 1 is 1.07 bits per heavy atom. The first kappa shape index (κ1) is 18.2. The van der Waals surface area contributed by atoms with Gasteiger partial charge in [0.05, 0.1) is 17.9 Å². The number of nitrogens with zero attached hydrogens (tertiary/aromatic N) is 6. The maximum atomic E-state index is 12.8. The normalized spacial score (nSPS) is 11.5. The summed E-state index contributed by atoms with van der Waals surface area (Å²) in [5.74, 6) is 0. The molecule has 0 aliphatic rings. The average Bonchev–Trinajstić information content (AvgIpc) is 3.09. The highest BCUT2D eigenvalue weighted by molar-refractivity contribution is 5.83. The fraction of sp³-hybridized carbons (Fsp3) is 0.350. The van der Waals surface area contributed by atoms with E-state index in [2.05, 4.69) is 27.2 Å². The molecule has 0 fully saturated rings. The fourth-order valence-electron chi connectivity index (χ4n) is 3.33. The molecule has 8 nitrogen and oxygen atoms in total. The Morgan fingerprint density at radius 2 is 1.89 bits per heavy atom. The third-order valence-corrected chi connectivity index (χ3v) is 4.72. The second kappa shape index (κ2) is 7.85. The van der Waals surface area contributed by atoms with Crippen LogP contribution < -0.4 is 5.56 Å². The molecule has 0 aliphatic heterocycles. The quantitative estimate of drug-likeness (QED) is 0.460. The molecule has 0 radical (unpaired) electrons. The highest BCUT2D eigenvalue weighted by Gasteiger charge is 2.20. The molecule has 1 aromatic carbocycles. The number of fused-ring (bicyclic) bond motifs is 3. The van der Waals surface area contributed by atoms with Crippen LogP contribution in [0.5, 0.6) is 0 Å². The monoisotopic (exact) mass is 378 g/mol. The topological polar surface area (TPSA) is 87.2 Å². The van der Waals surface area contributed by atoms with Crippen LogP contribution in [0.2, 0.25) is 0 Å². The van der Waals surface area contributed by atoms with E-state index in [4.69, 9.17) is 4.74 Å². The Morgan fingerprint density at radius 3 is 2.64 bits per heavy atom. The van der Waals surface area contributed by atoms with E-state index in [1.165, 1.54) is 0 Å². The SMILES string of the molecule is CCCCCn1cnc2c(nnc3c(-c4ccccc4)c(COC)nn32)c1=O. The van der Waals surface area contributed by atoms with Crippen LogP contribution in [-0.4, -0.2) is 36.5 Å². The largest absolute Gasteiger partial charge is 0.378 e. The minimum absolute atomic E-state index is 0.194. The third kappa shape index (κ3) is 3.16. The molecule has 0 N–H and O–H groups in total. The van der Waals surface area contributed by atoms with Gasteiger partial charge in [-0.3, -0.25) is 9.36 Å². The Hall–Kier alpha value is -3.13. The summed E-state index contributed by atoms with van der Waals surface area (Å²) in [5.41, 5.74) is 3.52. The van der Waals surface area contributed by atoms with Gasteiger partial charge >= 0.3 is 0 Å². The lowest BCUT2D eigenvalue weighted by Gasteiger charge is -2.06. The summed E-state index contributed by atoms with van der Waals surface area (Å²) in [7, 11) is 1.62. The van der Waals surface area contributed by atoms with E-state index in [1.807, 2.05) is 30.3 Å².